The minimum absolute atomic E-state index is 0.0793. The van der Waals surface area contributed by atoms with Gasteiger partial charge >= 0.3 is 0 Å². The minimum atomic E-state index is -0.678. The van der Waals surface area contributed by atoms with Gasteiger partial charge < -0.3 is 14.9 Å². The van der Waals surface area contributed by atoms with Crippen LogP contribution in [0.1, 0.15) is 86.5 Å². The molecule has 182 valence electrons. The number of aliphatic hydroxyl groups is 2. The van der Waals surface area contributed by atoms with Gasteiger partial charge in [0.25, 0.3) is 0 Å². The Labute approximate surface area is 194 Å². The maximum atomic E-state index is 13.4. The third kappa shape index (κ3) is 3.29. The molecule has 0 amide bonds. The second-order valence-electron chi connectivity index (χ2n) is 13.4. The molecular weight excluding hydrogens is 400 g/mol. The molecule has 0 aromatic carbocycles. The standard InChI is InChI=1S/C28H46O4/c1-14(2)15(3)25(30)26(31)16(4)18-7-8-19-17-11-22(29)21-12-23-24(32-23)13-28(21,6)20(17)9-10-27(18,19)5/h14-21,23-26,30-31H,7-13H2,1-6H3. The highest BCUT2D eigenvalue weighted by atomic mass is 16.6. The summed E-state index contributed by atoms with van der Waals surface area (Å²) in [4.78, 5) is 13.4. The summed E-state index contributed by atoms with van der Waals surface area (Å²) in [5, 5.41) is 22.0. The molecule has 13 unspecified atom stereocenters. The Morgan fingerprint density at radius 1 is 0.938 bits per heavy atom. The monoisotopic (exact) mass is 446 g/mol. The highest BCUT2D eigenvalue weighted by molar-refractivity contribution is 5.83. The summed E-state index contributed by atoms with van der Waals surface area (Å²) in [6.07, 6.45) is 6.92. The van der Waals surface area contributed by atoms with Crippen molar-refractivity contribution in [2.75, 3.05) is 0 Å². The van der Waals surface area contributed by atoms with Gasteiger partial charge in [0, 0.05) is 12.3 Å². The molecule has 0 radical (unpaired) electrons. The van der Waals surface area contributed by atoms with E-state index < -0.39 is 12.2 Å². The van der Waals surface area contributed by atoms with E-state index in [2.05, 4.69) is 41.5 Å². The lowest BCUT2D eigenvalue weighted by Crippen LogP contribution is -2.57. The number of aliphatic hydroxyl groups excluding tert-OH is 2. The summed E-state index contributed by atoms with van der Waals surface area (Å²) in [7, 11) is 0. The number of rotatable bonds is 5. The molecule has 0 aromatic rings. The summed E-state index contributed by atoms with van der Waals surface area (Å²) >= 11 is 0. The topological polar surface area (TPSA) is 70.1 Å². The van der Waals surface area contributed by atoms with Gasteiger partial charge in [0.1, 0.15) is 5.78 Å². The number of hydrogen-bond donors (Lipinski definition) is 2. The van der Waals surface area contributed by atoms with Crippen LogP contribution in [0, 0.1) is 58.2 Å². The third-order valence-corrected chi connectivity index (χ3v) is 11.9. The summed E-state index contributed by atoms with van der Waals surface area (Å²) in [5.41, 5.74) is 0.282. The van der Waals surface area contributed by atoms with Gasteiger partial charge in [0.15, 0.2) is 0 Å². The fourth-order valence-corrected chi connectivity index (χ4v) is 9.48. The molecule has 1 heterocycles. The number of Topliss-reactive ketones (excluding diaryl/α,β-unsaturated/α-hetero) is 1. The number of carbonyl (C=O) groups excluding carboxylic acids is 1. The van der Waals surface area contributed by atoms with Gasteiger partial charge in [0.05, 0.1) is 24.4 Å². The zero-order valence-corrected chi connectivity index (χ0v) is 21.1. The van der Waals surface area contributed by atoms with Gasteiger partial charge in [-0.25, -0.2) is 0 Å². The van der Waals surface area contributed by atoms with Crippen molar-refractivity contribution in [2.45, 2.75) is 111 Å². The van der Waals surface area contributed by atoms with Crippen LogP contribution < -0.4 is 0 Å². The Bertz CT molecular complexity index is 750. The Hall–Kier alpha value is -0.450. The molecule has 0 aromatic heterocycles. The van der Waals surface area contributed by atoms with E-state index in [1.165, 1.54) is 19.3 Å². The van der Waals surface area contributed by atoms with Crippen LogP contribution in [-0.2, 0) is 9.53 Å². The van der Waals surface area contributed by atoms with Crippen molar-refractivity contribution in [2.24, 2.45) is 58.2 Å². The van der Waals surface area contributed by atoms with Crippen molar-refractivity contribution >= 4 is 5.78 Å². The molecule has 4 aliphatic carbocycles. The van der Waals surface area contributed by atoms with Gasteiger partial charge in [-0.1, -0.05) is 41.5 Å². The fourth-order valence-electron chi connectivity index (χ4n) is 9.48. The average molecular weight is 447 g/mol. The van der Waals surface area contributed by atoms with Crippen LogP contribution in [0.2, 0.25) is 0 Å². The molecule has 4 saturated carbocycles. The number of epoxide rings is 1. The summed E-state index contributed by atoms with van der Waals surface area (Å²) < 4.78 is 5.90. The minimum Gasteiger partial charge on any atom is -0.390 e. The molecule has 32 heavy (non-hydrogen) atoms. The molecule has 5 aliphatic rings. The third-order valence-electron chi connectivity index (χ3n) is 11.9. The lowest BCUT2D eigenvalue weighted by molar-refractivity contribution is -0.154. The van der Waals surface area contributed by atoms with E-state index in [9.17, 15) is 15.0 Å². The van der Waals surface area contributed by atoms with E-state index in [0.717, 1.165) is 25.7 Å². The second kappa shape index (κ2) is 7.78. The Morgan fingerprint density at radius 3 is 2.31 bits per heavy atom. The van der Waals surface area contributed by atoms with Gasteiger partial charge in [-0.3, -0.25) is 4.79 Å². The zero-order valence-electron chi connectivity index (χ0n) is 21.1. The summed E-state index contributed by atoms with van der Waals surface area (Å²) in [6, 6.07) is 0. The fraction of sp³-hybridized carbons (Fsp3) is 0.964. The van der Waals surface area contributed by atoms with E-state index >= 15 is 0 Å². The lowest BCUT2D eigenvalue weighted by atomic mass is 9.44. The van der Waals surface area contributed by atoms with Crippen LogP contribution in [0.15, 0.2) is 0 Å². The second-order valence-corrected chi connectivity index (χ2v) is 13.4. The molecule has 5 fully saturated rings. The summed E-state index contributed by atoms with van der Waals surface area (Å²) in [5.74, 6) is 3.34. The average Bonchev–Trinajstić information content (AvgIpc) is 3.39. The first-order valence-electron chi connectivity index (χ1n) is 13.5. The van der Waals surface area contributed by atoms with E-state index in [-0.39, 0.29) is 28.6 Å². The zero-order chi connectivity index (χ0) is 23.2. The van der Waals surface area contributed by atoms with Crippen molar-refractivity contribution in [3.05, 3.63) is 0 Å². The molecule has 4 nitrogen and oxygen atoms in total. The summed E-state index contributed by atoms with van der Waals surface area (Å²) in [6.45, 7) is 13.3. The van der Waals surface area contributed by atoms with E-state index in [1.807, 2.05) is 0 Å². The number of ketones is 1. The van der Waals surface area contributed by atoms with Crippen LogP contribution in [-0.4, -0.2) is 40.4 Å². The smallest absolute Gasteiger partial charge is 0.136 e. The normalized spacial score (nSPS) is 51.2. The molecule has 5 rings (SSSR count). The number of carbonyl (C=O) groups is 1. The molecule has 2 N–H and O–H groups in total. The molecule has 4 heteroatoms. The van der Waals surface area contributed by atoms with Crippen LogP contribution in [0.5, 0.6) is 0 Å². The van der Waals surface area contributed by atoms with E-state index in [0.29, 0.717) is 47.6 Å². The van der Waals surface area contributed by atoms with E-state index in [4.69, 9.17) is 4.74 Å². The van der Waals surface area contributed by atoms with Crippen LogP contribution in [0.25, 0.3) is 0 Å². The quantitative estimate of drug-likeness (QED) is 0.592. The van der Waals surface area contributed by atoms with Crippen LogP contribution >= 0.6 is 0 Å². The maximum absolute atomic E-state index is 13.4. The van der Waals surface area contributed by atoms with Crippen molar-refractivity contribution in [3.8, 4) is 0 Å². The first kappa shape index (κ1) is 23.3. The van der Waals surface area contributed by atoms with Gasteiger partial charge in [-0.05, 0) is 90.8 Å². The molecule has 0 bridgehead atoms. The molecule has 1 aliphatic heterocycles. The number of ether oxygens (including phenoxy) is 1. The largest absolute Gasteiger partial charge is 0.390 e. The Morgan fingerprint density at radius 2 is 1.62 bits per heavy atom. The SMILES string of the molecule is CC(C)C(C)C(O)C(O)C(C)C1CCC2C3CC(=O)C4CC5OC5CC4(C)C3CCC12C. The lowest BCUT2D eigenvalue weighted by Gasteiger charge is -2.59. The molecule has 13 atom stereocenters. The predicted octanol–water partition coefficient (Wildman–Crippen LogP) is 4.85. The highest BCUT2D eigenvalue weighted by Crippen LogP contribution is 2.69. The Kier molecular flexibility index (Phi) is 5.67. The molecular formula is C28H46O4. The first-order chi connectivity index (χ1) is 15.0. The maximum Gasteiger partial charge on any atom is 0.136 e. The van der Waals surface area contributed by atoms with E-state index in [1.54, 1.807) is 0 Å². The highest BCUT2D eigenvalue weighted by Gasteiger charge is 2.66. The molecule has 1 saturated heterocycles. The van der Waals surface area contributed by atoms with Crippen LogP contribution in [0.4, 0.5) is 0 Å². The number of hydrogen-bond acceptors (Lipinski definition) is 4. The van der Waals surface area contributed by atoms with Crippen molar-refractivity contribution in [1.82, 2.24) is 0 Å². The number of fused-ring (bicyclic) bond motifs is 6. The van der Waals surface area contributed by atoms with Crippen molar-refractivity contribution in [3.63, 3.8) is 0 Å². The van der Waals surface area contributed by atoms with Crippen molar-refractivity contribution < 1.29 is 19.7 Å². The van der Waals surface area contributed by atoms with Gasteiger partial charge in [-0.2, -0.15) is 0 Å². The van der Waals surface area contributed by atoms with Crippen molar-refractivity contribution in [1.29, 1.82) is 0 Å². The first-order valence-corrected chi connectivity index (χ1v) is 13.5. The van der Waals surface area contributed by atoms with Gasteiger partial charge in [0.2, 0.25) is 0 Å². The predicted molar refractivity (Wildman–Crippen MR) is 125 cm³/mol. The van der Waals surface area contributed by atoms with Gasteiger partial charge in [-0.15, -0.1) is 0 Å². The molecule has 0 spiro atoms. The Balaban J connectivity index is 1.36. The van der Waals surface area contributed by atoms with Crippen LogP contribution in [0.3, 0.4) is 0 Å².